The molecule has 3 aromatic carbocycles. The molecule has 0 aliphatic heterocycles. The molecule has 0 heterocycles. The van der Waals surface area contributed by atoms with Crippen LogP contribution in [0.15, 0.2) is 84.8 Å². The zero-order valence-electron chi connectivity index (χ0n) is 27.8. The number of halogens is 9. The molecule has 0 saturated carbocycles. The summed E-state index contributed by atoms with van der Waals surface area (Å²) >= 11 is 49.6. The topological polar surface area (TPSA) is 208 Å². The minimum atomic E-state index is -1.72. The third-order valence-corrected chi connectivity index (χ3v) is 9.13. The van der Waals surface area contributed by atoms with Crippen molar-refractivity contribution in [2.45, 2.75) is 20.8 Å². The summed E-state index contributed by atoms with van der Waals surface area (Å²) in [6, 6.07) is 14.3. The number of rotatable bonds is 9. The van der Waals surface area contributed by atoms with E-state index in [9.17, 15) is 44.1 Å². The summed E-state index contributed by atoms with van der Waals surface area (Å²) in [5.74, 6) is -7.66. The summed E-state index contributed by atoms with van der Waals surface area (Å²) in [5.41, 5.74) is 3.45. The van der Waals surface area contributed by atoms with Crippen LogP contribution in [-0.4, -0.2) is 53.0 Å². The molecular formula is C33H21AlCl9N3O9. The molecule has 12 nitrogen and oxygen atoms in total. The van der Waals surface area contributed by atoms with E-state index in [0.717, 1.165) is 0 Å². The minimum absolute atomic E-state index is 0. The molecule has 3 aromatic rings. The van der Waals surface area contributed by atoms with E-state index in [1.807, 2.05) is 0 Å². The summed E-state index contributed by atoms with van der Waals surface area (Å²) < 4.78 is 0. The number of carbonyl (C=O) groups excluding carboxylic acids is 6. The van der Waals surface area contributed by atoms with E-state index in [1.54, 1.807) is 75.4 Å². The number of carbonyl (C=O) groups is 6. The van der Waals surface area contributed by atoms with Crippen molar-refractivity contribution in [3.8, 4) is 0 Å². The monoisotopic (exact) mass is 945 g/mol. The summed E-state index contributed by atoms with van der Waals surface area (Å²) in [5, 5.41) is 35.6. The molecule has 3 rings (SSSR count). The Bertz CT molecular complexity index is 1860. The first-order chi connectivity index (χ1) is 25.0. The smallest absolute Gasteiger partial charge is 0.544 e. The zero-order chi connectivity index (χ0) is 41.6. The summed E-state index contributed by atoms with van der Waals surface area (Å²) in [6.07, 6.45) is 0. The number of aryl methyl sites for hydroxylation is 3. The third-order valence-electron chi connectivity index (χ3n) is 6.02. The van der Waals surface area contributed by atoms with Crippen molar-refractivity contribution in [2.75, 3.05) is 16.0 Å². The second-order valence-electron chi connectivity index (χ2n) is 9.99. The van der Waals surface area contributed by atoms with Gasteiger partial charge in [-0.15, -0.1) is 0 Å². The molecule has 22 heteroatoms. The molecule has 0 saturated heterocycles. The number of aliphatic carboxylic acids is 3. The standard InChI is InChI=1S/3C11H8Cl3NO3.Al/c3*1-5-4-6(12)2-3-7(5)15-10(16)8(13)9(14)11(17)18;/h3*2-4H,1H3,(H,15,16)(H,17,18);/q;;;+3/p-3/b3*9-8+;. The average molecular weight is 950 g/mol. The van der Waals surface area contributed by atoms with Gasteiger partial charge in [-0.2, -0.15) is 0 Å². The van der Waals surface area contributed by atoms with E-state index in [-0.39, 0.29) is 17.4 Å². The van der Waals surface area contributed by atoms with Crippen LogP contribution in [0.4, 0.5) is 17.1 Å². The molecular weight excluding hydrogens is 928 g/mol. The Hall–Kier alpha value is -3.16. The first-order valence-electron chi connectivity index (χ1n) is 14.0. The van der Waals surface area contributed by atoms with Crippen LogP contribution in [0.3, 0.4) is 0 Å². The largest absolute Gasteiger partial charge is 3.00 e. The quantitative estimate of drug-likeness (QED) is 0.178. The van der Waals surface area contributed by atoms with Gasteiger partial charge in [-0.25, -0.2) is 0 Å². The van der Waals surface area contributed by atoms with Crippen LogP contribution in [0.25, 0.3) is 0 Å². The summed E-state index contributed by atoms with van der Waals surface area (Å²) in [6.45, 7) is 5.17. The van der Waals surface area contributed by atoms with E-state index in [1.165, 1.54) is 0 Å². The van der Waals surface area contributed by atoms with Crippen LogP contribution in [-0.2, 0) is 28.8 Å². The molecule has 55 heavy (non-hydrogen) atoms. The zero-order valence-corrected chi connectivity index (χ0v) is 35.8. The fourth-order valence-corrected chi connectivity index (χ4v) is 4.71. The van der Waals surface area contributed by atoms with Crippen molar-refractivity contribution < 1.29 is 44.1 Å². The first-order valence-corrected chi connectivity index (χ1v) is 17.4. The molecule has 0 aromatic heterocycles. The van der Waals surface area contributed by atoms with Crippen LogP contribution in [0.5, 0.6) is 0 Å². The van der Waals surface area contributed by atoms with Gasteiger partial charge in [0.2, 0.25) is 0 Å². The maximum Gasteiger partial charge on any atom is 3.00 e. The number of carboxylic acids is 3. The molecule has 3 amide bonds. The first kappa shape index (κ1) is 51.8. The molecule has 0 radical (unpaired) electrons. The SMILES string of the molecule is Cc1cc(Cl)ccc1NC(=O)/C(Cl)=C(\Cl)C(=O)[O-].Cc1cc(Cl)ccc1NC(=O)/C(Cl)=C(\Cl)C(=O)[O-].Cc1cc(Cl)ccc1NC(=O)/C(Cl)=C(\Cl)C(=O)[O-].[Al+3]. The van der Waals surface area contributed by atoms with Gasteiger partial charge in [0.05, 0.1) is 33.0 Å². The Balaban J connectivity index is 0.000000788. The van der Waals surface area contributed by atoms with Crippen LogP contribution in [0.1, 0.15) is 16.7 Å². The second kappa shape index (κ2) is 24.5. The van der Waals surface area contributed by atoms with E-state index in [0.29, 0.717) is 48.8 Å². The molecule has 288 valence electrons. The molecule has 0 aliphatic rings. The van der Waals surface area contributed by atoms with Gasteiger partial charge >= 0.3 is 17.4 Å². The Morgan fingerprint density at radius 1 is 0.418 bits per heavy atom. The number of anilines is 3. The summed E-state index contributed by atoms with van der Waals surface area (Å²) in [7, 11) is 0. The maximum absolute atomic E-state index is 11.6. The average Bonchev–Trinajstić information content (AvgIpc) is 3.10. The van der Waals surface area contributed by atoms with Crippen molar-refractivity contribution in [1.29, 1.82) is 0 Å². The number of hydrogen-bond acceptors (Lipinski definition) is 9. The van der Waals surface area contributed by atoms with Crippen molar-refractivity contribution >= 4 is 174 Å². The van der Waals surface area contributed by atoms with Gasteiger partial charge in [0.25, 0.3) is 17.7 Å². The fourth-order valence-electron chi connectivity index (χ4n) is 3.40. The van der Waals surface area contributed by atoms with Crippen molar-refractivity contribution in [2.24, 2.45) is 0 Å². The van der Waals surface area contributed by atoms with Crippen molar-refractivity contribution in [3.63, 3.8) is 0 Å². The Morgan fingerprint density at radius 3 is 0.782 bits per heavy atom. The van der Waals surface area contributed by atoms with Gasteiger partial charge in [0, 0.05) is 32.1 Å². The van der Waals surface area contributed by atoms with Crippen LogP contribution in [0, 0.1) is 20.8 Å². The van der Waals surface area contributed by atoms with Gasteiger partial charge in [-0.05, 0) is 92.1 Å². The Kier molecular flexibility index (Phi) is 23.1. The van der Waals surface area contributed by atoms with Gasteiger partial charge in [0.1, 0.15) is 15.1 Å². The summed E-state index contributed by atoms with van der Waals surface area (Å²) in [4.78, 5) is 66.0. The van der Waals surface area contributed by atoms with E-state index in [4.69, 9.17) is 104 Å². The number of amides is 3. The van der Waals surface area contributed by atoms with Crippen molar-refractivity contribution in [1.82, 2.24) is 0 Å². The molecule has 0 spiro atoms. The molecule has 3 N–H and O–H groups in total. The number of hydrogen-bond donors (Lipinski definition) is 3. The van der Waals surface area contributed by atoms with E-state index in [2.05, 4.69) is 16.0 Å². The minimum Gasteiger partial charge on any atom is -0.544 e. The molecule has 0 bridgehead atoms. The fraction of sp³-hybridized carbons (Fsp3) is 0.0909. The van der Waals surface area contributed by atoms with Crippen LogP contribution < -0.4 is 31.3 Å². The number of benzene rings is 3. The normalized spacial score (nSPS) is 11.6. The van der Waals surface area contributed by atoms with E-state index >= 15 is 0 Å². The van der Waals surface area contributed by atoms with Crippen molar-refractivity contribution in [3.05, 3.63) is 117 Å². The maximum atomic E-state index is 11.6. The van der Waals surface area contributed by atoms with Gasteiger partial charge in [0.15, 0.2) is 0 Å². The molecule has 0 atom stereocenters. The Labute approximate surface area is 369 Å². The van der Waals surface area contributed by atoms with Gasteiger partial charge < -0.3 is 45.7 Å². The van der Waals surface area contributed by atoms with Crippen LogP contribution in [0.2, 0.25) is 15.1 Å². The Morgan fingerprint density at radius 2 is 0.618 bits per heavy atom. The molecule has 0 unspecified atom stereocenters. The van der Waals surface area contributed by atoms with Gasteiger partial charge in [-0.1, -0.05) is 104 Å². The second-order valence-corrected chi connectivity index (χ2v) is 13.6. The number of carboxylic acid groups (broad SMARTS) is 3. The predicted octanol–water partition coefficient (Wildman–Crippen LogP) is 5.70. The van der Waals surface area contributed by atoms with Gasteiger partial charge in [-0.3, -0.25) is 14.4 Å². The molecule has 0 fully saturated rings. The predicted molar refractivity (Wildman–Crippen MR) is 211 cm³/mol. The third kappa shape index (κ3) is 17.3. The van der Waals surface area contributed by atoms with Crippen LogP contribution >= 0.6 is 104 Å². The number of nitrogens with one attached hydrogen (secondary N) is 3. The molecule has 0 aliphatic carbocycles. The van der Waals surface area contributed by atoms with E-state index < -0.39 is 65.8 Å².